The normalized spacial score (nSPS) is 10.5. The molecule has 2 aromatic carbocycles. The Hall–Kier alpha value is -2.89. The fraction of sp³-hybridized carbons (Fsp3) is 0.125. The molecular weight excluding hydrogens is 285 g/mol. The molecule has 22 heavy (non-hydrogen) atoms. The number of methoxy groups -OCH3 is 1. The van der Waals surface area contributed by atoms with Gasteiger partial charge in [0.25, 0.3) is 5.91 Å². The summed E-state index contributed by atoms with van der Waals surface area (Å²) in [6.45, 7) is 0.0472. The van der Waals surface area contributed by atoms with Gasteiger partial charge in [0.1, 0.15) is 11.6 Å². The minimum Gasteiger partial charge on any atom is -0.497 e. The van der Waals surface area contributed by atoms with E-state index >= 15 is 0 Å². The lowest BCUT2D eigenvalue weighted by atomic mass is 10.2. The third kappa shape index (κ3) is 4.90. The second-order valence-electron chi connectivity index (χ2n) is 4.43. The molecule has 2 rings (SSSR count). The third-order valence-electron chi connectivity index (χ3n) is 2.82. The number of rotatable bonds is 6. The predicted molar refractivity (Wildman–Crippen MR) is 83.6 cm³/mol. The van der Waals surface area contributed by atoms with Gasteiger partial charge in [-0.3, -0.25) is 4.79 Å². The van der Waals surface area contributed by atoms with Crippen molar-refractivity contribution in [2.24, 2.45) is 5.10 Å². The first kappa shape index (κ1) is 15.5. The van der Waals surface area contributed by atoms with Crippen molar-refractivity contribution in [3.63, 3.8) is 0 Å². The van der Waals surface area contributed by atoms with Crippen LogP contribution >= 0.6 is 0 Å². The van der Waals surface area contributed by atoms with Crippen LogP contribution in [0.1, 0.15) is 5.56 Å². The second kappa shape index (κ2) is 7.78. The number of carbonyl (C=O) groups is 1. The van der Waals surface area contributed by atoms with Crippen LogP contribution in [-0.4, -0.2) is 25.8 Å². The first-order valence-electron chi connectivity index (χ1n) is 6.63. The van der Waals surface area contributed by atoms with Gasteiger partial charge in [-0.2, -0.15) is 5.10 Å². The molecule has 0 saturated heterocycles. The number of halogens is 1. The van der Waals surface area contributed by atoms with Crippen LogP contribution in [-0.2, 0) is 4.79 Å². The van der Waals surface area contributed by atoms with Crippen molar-refractivity contribution in [2.45, 2.75) is 0 Å². The molecule has 0 saturated carbocycles. The van der Waals surface area contributed by atoms with Gasteiger partial charge in [0.05, 0.1) is 19.9 Å². The van der Waals surface area contributed by atoms with Gasteiger partial charge >= 0.3 is 0 Å². The maximum absolute atomic E-state index is 12.7. The highest BCUT2D eigenvalue weighted by Crippen LogP contribution is 2.09. The van der Waals surface area contributed by atoms with Crippen LogP contribution < -0.4 is 15.5 Å². The maximum Gasteiger partial charge on any atom is 0.259 e. The number of hydrazone groups is 1. The average Bonchev–Trinajstić information content (AvgIpc) is 2.55. The highest BCUT2D eigenvalue weighted by atomic mass is 19.1. The van der Waals surface area contributed by atoms with Crippen LogP contribution in [0.5, 0.6) is 5.75 Å². The summed E-state index contributed by atoms with van der Waals surface area (Å²) in [5, 5.41) is 6.72. The standard InChI is InChI=1S/C16H16FN3O2/c1-22-15-8-2-12(3-9-15)10-19-20-16(21)11-18-14-6-4-13(17)5-7-14/h2-10,18H,11H2,1H3,(H,20,21). The summed E-state index contributed by atoms with van der Waals surface area (Å²) in [6.07, 6.45) is 1.54. The van der Waals surface area contributed by atoms with Gasteiger partial charge in [0.15, 0.2) is 0 Å². The number of nitrogens with zero attached hydrogens (tertiary/aromatic N) is 1. The van der Waals surface area contributed by atoms with E-state index in [4.69, 9.17) is 4.74 Å². The molecule has 2 aromatic rings. The third-order valence-corrected chi connectivity index (χ3v) is 2.82. The number of ether oxygens (including phenoxy) is 1. The average molecular weight is 301 g/mol. The van der Waals surface area contributed by atoms with E-state index in [0.29, 0.717) is 5.69 Å². The Morgan fingerprint density at radius 1 is 1.18 bits per heavy atom. The van der Waals surface area contributed by atoms with Crippen LogP contribution in [0.4, 0.5) is 10.1 Å². The molecule has 0 aliphatic rings. The molecule has 0 radical (unpaired) electrons. The number of benzene rings is 2. The van der Waals surface area contributed by atoms with Gasteiger partial charge < -0.3 is 10.1 Å². The molecular formula is C16H16FN3O2. The quantitative estimate of drug-likeness (QED) is 0.636. The number of hydrogen-bond acceptors (Lipinski definition) is 4. The largest absolute Gasteiger partial charge is 0.497 e. The fourth-order valence-electron chi connectivity index (χ4n) is 1.66. The highest BCUT2D eigenvalue weighted by Gasteiger charge is 1.99. The molecule has 0 aromatic heterocycles. The summed E-state index contributed by atoms with van der Waals surface area (Å²) in [5.74, 6) is 0.137. The van der Waals surface area contributed by atoms with Crippen molar-refractivity contribution in [2.75, 3.05) is 19.0 Å². The summed E-state index contributed by atoms with van der Waals surface area (Å²) >= 11 is 0. The predicted octanol–water partition coefficient (Wildman–Crippen LogP) is 2.40. The van der Waals surface area contributed by atoms with Crippen molar-refractivity contribution in [1.29, 1.82) is 0 Å². The zero-order valence-electron chi connectivity index (χ0n) is 12.0. The maximum atomic E-state index is 12.7. The lowest BCUT2D eigenvalue weighted by molar-refractivity contribution is -0.119. The number of amides is 1. The van der Waals surface area contributed by atoms with Gasteiger partial charge in [0.2, 0.25) is 0 Å². The van der Waals surface area contributed by atoms with Gasteiger partial charge in [0, 0.05) is 5.69 Å². The van der Waals surface area contributed by atoms with E-state index in [1.165, 1.54) is 18.3 Å². The Bertz CT molecular complexity index is 639. The molecule has 0 unspecified atom stereocenters. The molecule has 114 valence electrons. The smallest absolute Gasteiger partial charge is 0.259 e. The minimum absolute atomic E-state index is 0.0472. The lowest BCUT2D eigenvalue weighted by Crippen LogP contribution is -2.25. The van der Waals surface area contributed by atoms with Crippen LogP contribution in [0, 0.1) is 5.82 Å². The Balaban J connectivity index is 1.76. The molecule has 0 fully saturated rings. The molecule has 5 nitrogen and oxygen atoms in total. The summed E-state index contributed by atoms with van der Waals surface area (Å²) in [6, 6.07) is 13.0. The highest BCUT2D eigenvalue weighted by molar-refractivity contribution is 5.84. The summed E-state index contributed by atoms with van der Waals surface area (Å²) in [4.78, 5) is 11.6. The van der Waals surface area contributed by atoms with Crippen LogP contribution in [0.25, 0.3) is 0 Å². The summed E-state index contributed by atoms with van der Waals surface area (Å²) in [5.41, 5.74) is 3.91. The first-order chi connectivity index (χ1) is 10.7. The van der Waals surface area contributed by atoms with Crippen molar-refractivity contribution in [1.82, 2.24) is 5.43 Å². The molecule has 0 bridgehead atoms. The molecule has 6 heteroatoms. The Morgan fingerprint density at radius 3 is 2.50 bits per heavy atom. The van der Waals surface area contributed by atoms with Gasteiger partial charge in [-0.05, 0) is 54.1 Å². The SMILES string of the molecule is COc1ccc(C=NNC(=O)CNc2ccc(F)cc2)cc1. The van der Waals surface area contributed by atoms with E-state index in [0.717, 1.165) is 11.3 Å². The van der Waals surface area contributed by atoms with Crippen molar-refractivity contribution >= 4 is 17.8 Å². The topological polar surface area (TPSA) is 62.7 Å². The lowest BCUT2D eigenvalue weighted by Gasteiger charge is -2.04. The zero-order valence-corrected chi connectivity index (χ0v) is 12.0. The Kier molecular flexibility index (Phi) is 5.48. The molecule has 0 aliphatic carbocycles. The van der Waals surface area contributed by atoms with Gasteiger partial charge in [-0.15, -0.1) is 0 Å². The molecule has 1 amide bonds. The Morgan fingerprint density at radius 2 is 1.86 bits per heavy atom. The monoisotopic (exact) mass is 301 g/mol. The van der Waals surface area contributed by atoms with Crippen molar-refractivity contribution in [3.05, 3.63) is 59.9 Å². The van der Waals surface area contributed by atoms with E-state index in [1.54, 1.807) is 31.4 Å². The van der Waals surface area contributed by atoms with Crippen molar-refractivity contribution < 1.29 is 13.9 Å². The van der Waals surface area contributed by atoms with Gasteiger partial charge in [-0.1, -0.05) is 0 Å². The summed E-state index contributed by atoms with van der Waals surface area (Å²) < 4.78 is 17.8. The fourth-order valence-corrected chi connectivity index (χ4v) is 1.66. The van der Waals surface area contributed by atoms with Crippen LogP contribution in [0.3, 0.4) is 0 Å². The minimum atomic E-state index is -0.320. The molecule has 0 spiro atoms. The van der Waals surface area contributed by atoms with E-state index in [1.807, 2.05) is 12.1 Å². The number of anilines is 1. The molecule has 0 atom stereocenters. The van der Waals surface area contributed by atoms with Crippen LogP contribution in [0.2, 0.25) is 0 Å². The number of nitrogens with one attached hydrogen (secondary N) is 2. The van der Waals surface area contributed by atoms with Gasteiger partial charge in [-0.25, -0.2) is 9.82 Å². The molecule has 2 N–H and O–H groups in total. The van der Waals surface area contributed by atoms with E-state index in [9.17, 15) is 9.18 Å². The number of carbonyl (C=O) groups excluding carboxylic acids is 1. The Labute approximate surface area is 127 Å². The molecule has 0 heterocycles. The zero-order chi connectivity index (χ0) is 15.8. The van der Waals surface area contributed by atoms with Crippen LogP contribution in [0.15, 0.2) is 53.6 Å². The first-order valence-corrected chi connectivity index (χ1v) is 6.63. The van der Waals surface area contributed by atoms with E-state index in [-0.39, 0.29) is 18.3 Å². The molecule has 0 aliphatic heterocycles. The van der Waals surface area contributed by atoms with E-state index in [2.05, 4.69) is 15.8 Å². The second-order valence-corrected chi connectivity index (χ2v) is 4.43. The van der Waals surface area contributed by atoms with E-state index < -0.39 is 0 Å². The number of hydrogen-bond donors (Lipinski definition) is 2. The van der Waals surface area contributed by atoms with Crippen molar-refractivity contribution in [3.8, 4) is 5.75 Å². The summed E-state index contributed by atoms with van der Waals surface area (Å²) in [7, 11) is 1.59.